The van der Waals surface area contributed by atoms with Crippen molar-refractivity contribution in [3.05, 3.63) is 71.7 Å². The van der Waals surface area contributed by atoms with Gasteiger partial charge in [0.05, 0.1) is 19.7 Å². The molecule has 1 N–H and O–H groups in total. The number of anilines is 1. The number of halogens is 1. The molecule has 1 aliphatic heterocycles. The third-order valence-electron chi connectivity index (χ3n) is 6.47. The lowest BCUT2D eigenvalue weighted by Gasteiger charge is -2.35. The molecule has 1 aliphatic rings. The van der Waals surface area contributed by atoms with Crippen molar-refractivity contribution >= 4 is 22.6 Å². The van der Waals surface area contributed by atoms with Gasteiger partial charge in [0, 0.05) is 43.2 Å². The summed E-state index contributed by atoms with van der Waals surface area (Å²) in [4.78, 5) is 24.8. The number of benzene rings is 2. The number of H-pyrrole nitrogens is 1. The van der Waals surface area contributed by atoms with Gasteiger partial charge in [0.25, 0.3) is 5.91 Å². The Morgan fingerprint density at radius 2 is 1.74 bits per heavy atom. The Morgan fingerprint density at radius 3 is 2.49 bits per heavy atom. The molecule has 5 rings (SSSR count). The highest BCUT2D eigenvalue weighted by atomic mass is 19.1. The second kappa shape index (κ2) is 9.29. The van der Waals surface area contributed by atoms with Crippen LogP contribution in [0.3, 0.4) is 0 Å². The monoisotopic (exact) mass is 474 g/mol. The van der Waals surface area contributed by atoms with E-state index in [9.17, 15) is 4.79 Å². The highest BCUT2D eigenvalue weighted by Crippen LogP contribution is 2.37. The Morgan fingerprint density at radius 1 is 0.971 bits per heavy atom. The number of para-hydroxylation sites is 1. The summed E-state index contributed by atoms with van der Waals surface area (Å²) in [6.45, 7) is 4.09. The van der Waals surface area contributed by atoms with E-state index < -0.39 is 0 Å². The molecule has 0 unspecified atom stereocenters. The Bertz CT molecular complexity index is 1390. The van der Waals surface area contributed by atoms with Gasteiger partial charge < -0.3 is 24.3 Å². The van der Waals surface area contributed by atoms with E-state index in [4.69, 9.17) is 9.47 Å². The molecule has 3 heterocycles. The van der Waals surface area contributed by atoms with Gasteiger partial charge in [-0.1, -0.05) is 24.3 Å². The van der Waals surface area contributed by atoms with Crippen molar-refractivity contribution in [2.45, 2.75) is 6.92 Å². The first kappa shape index (κ1) is 22.7. The molecule has 2 aromatic heterocycles. The van der Waals surface area contributed by atoms with E-state index in [1.54, 1.807) is 44.2 Å². The zero-order valence-electron chi connectivity index (χ0n) is 20.0. The zero-order chi connectivity index (χ0) is 24.5. The lowest BCUT2D eigenvalue weighted by molar-refractivity contribution is 0.0741. The van der Waals surface area contributed by atoms with E-state index in [1.165, 1.54) is 0 Å². The minimum atomic E-state index is -0.355. The summed E-state index contributed by atoms with van der Waals surface area (Å²) in [5.41, 5.74) is 2.86. The summed E-state index contributed by atoms with van der Waals surface area (Å²) in [5.74, 6) is 1.56. The van der Waals surface area contributed by atoms with Crippen molar-refractivity contribution in [2.24, 2.45) is 0 Å². The van der Waals surface area contributed by atoms with Gasteiger partial charge in [-0.05, 0) is 42.3 Å². The van der Waals surface area contributed by atoms with Crippen molar-refractivity contribution in [1.29, 1.82) is 0 Å². The highest BCUT2D eigenvalue weighted by molar-refractivity contribution is 6.04. The second-order valence-corrected chi connectivity index (χ2v) is 8.54. The van der Waals surface area contributed by atoms with Crippen LogP contribution in [0.15, 0.2) is 54.6 Å². The third-order valence-corrected chi connectivity index (χ3v) is 6.47. The van der Waals surface area contributed by atoms with Gasteiger partial charge in [0.2, 0.25) is 5.88 Å². The number of piperazine rings is 1. The number of carbonyl (C=O) groups excluding carboxylic acids is 1. The first-order valence-electron chi connectivity index (χ1n) is 11.5. The number of hydrogen-bond acceptors (Lipinski definition) is 5. The maximum Gasteiger partial charge on any atom is 0.270 e. The molecule has 8 heteroatoms. The summed E-state index contributed by atoms with van der Waals surface area (Å²) >= 11 is 0. The Hall–Kier alpha value is -4.07. The molecule has 7 nitrogen and oxygen atoms in total. The molecule has 1 fully saturated rings. The van der Waals surface area contributed by atoms with Gasteiger partial charge in [0.1, 0.15) is 23.1 Å². The molecule has 1 amide bonds. The Balaban J connectivity index is 1.43. The molecular formula is C27H27FN4O3. The van der Waals surface area contributed by atoms with Crippen LogP contribution in [0.4, 0.5) is 10.2 Å². The van der Waals surface area contributed by atoms with Crippen molar-refractivity contribution < 1.29 is 18.7 Å². The largest absolute Gasteiger partial charge is 0.496 e. The van der Waals surface area contributed by atoms with Crippen LogP contribution in [0.5, 0.6) is 11.6 Å². The van der Waals surface area contributed by atoms with Crippen molar-refractivity contribution in [3.63, 3.8) is 0 Å². The highest BCUT2D eigenvalue weighted by Gasteiger charge is 2.26. The average Bonchev–Trinajstić information content (AvgIpc) is 3.36. The molecule has 0 bridgehead atoms. The zero-order valence-corrected chi connectivity index (χ0v) is 20.0. The smallest absolute Gasteiger partial charge is 0.270 e. The molecule has 1 saturated heterocycles. The van der Waals surface area contributed by atoms with Crippen LogP contribution in [-0.2, 0) is 0 Å². The first-order valence-corrected chi connectivity index (χ1v) is 11.5. The van der Waals surface area contributed by atoms with Gasteiger partial charge >= 0.3 is 0 Å². The number of aryl methyl sites for hydroxylation is 1. The standard InChI is InChI=1S/C27H27FN4O3/c1-17-15-19(18-7-4-5-8-22(18)34-2)20-16-21(29-26(20)25(17)28)27(33)32-13-11-31(12-14-32)23-9-6-10-24(30-23)35-3/h4-10,15-16,29H,11-14H2,1-3H3. The third kappa shape index (κ3) is 4.16. The SMILES string of the molecule is COc1cccc(N2CCN(C(=O)c3cc4c(-c5ccccc5OC)cc(C)c(F)c4[nH]3)CC2)n1. The number of rotatable bonds is 5. The van der Waals surface area contributed by atoms with Crippen molar-refractivity contribution in [2.75, 3.05) is 45.3 Å². The van der Waals surface area contributed by atoms with Crippen LogP contribution in [0.1, 0.15) is 16.1 Å². The van der Waals surface area contributed by atoms with E-state index in [0.29, 0.717) is 60.0 Å². The minimum absolute atomic E-state index is 0.150. The topological polar surface area (TPSA) is 70.7 Å². The van der Waals surface area contributed by atoms with Gasteiger partial charge in [0.15, 0.2) is 0 Å². The summed E-state index contributed by atoms with van der Waals surface area (Å²) in [5, 5.41) is 0.653. The van der Waals surface area contributed by atoms with Gasteiger partial charge in [-0.2, -0.15) is 4.98 Å². The number of nitrogens with one attached hydrogen (secondary N) is 1. The van der Waals surface area contributed by atoms with Gasteiger partial charge in [-0.25, -0.2) is 4.39 Å². The van der Waals surface area contributed by atoms with Crippen LogP contribution in [0, 0.1) is 12.7 Å². The number of methoxy groups -OCH3 is 2. The molecule has 0 saturated carbocycles. The predicted molar refractivity (Wildman–Crippen MR) is 134 cm³/mol. The molecule has 0 radical (unpaired) electrons. The van der Waals surface area contributed by atoms with E-state index >= 15 is 4.39 Å². The molecule has 0 spiro atoms. The minimum Gasteiger partial charge on any atom is -0.496 e. The summed E-state index contributed by atoms with van der Waals surface area (Å²) < 4.78 is 25.8. The van der Waals surface area contributed by atoms with Crippen molar-refractivity contribution in [1.82, 2.24) is 14.9 Å². The molecule has 35 heavy (non-hydrogen) atoms. The van der Waals surface area contributed by atoms with E-state index in [-0.39, 0.29) is 11.7 Å². The van der Waals surface area contributed by atoms with E-state index in [1.807, 2.05) is 36.4 Å². The quantitative estimate of drug-likeness (QED) is 0.456. The maximum absolute atomic E-state index is 15.1. The summed E-state index contributed by atoms with van der Waals surface area (Å²) in [6, 6.07) is 16.8. The van der Waals surface area contributed by atoms with Crippen LogP contribution >= 0.6 is 0 Å². The molecule has 2 aromatic carbocycles. The number of hydrogen-bond donors (Lipinski definition) is 1. The van der Waals surface area contributed by atoms with Crippen LogP contribution in [0.25, 0.3) is 22.0 Å². The maximum atomic E-state index is 15.1. The fourth-order valence-corrected chi connectivity index (χ4v) is 4.60. The Kier molecular flexibility index (Phi) is 6.03. The number of aromatic amines is 1. The molecule has 4 aromatic rings. The fraction of sp³-hybridized carbons (Fsp3) is 0.259. The number of fused-ring (bicyclic) bond motifs is 1. The number of aromatic nitrogens is 2. The lowest BCUT2D eigenvalue weighted by Crippen LogP contribution is -2.49. The number of nitrogens with zero attached hydrogens (tertiary/aromatic N) is 3. The lowest BCUT2D eigenvalue weighted by atomic mass is 9.98. The molecule has 0 atom stereocenters. The average molecular weight is 475 g/mol. The van der Waals surface area contributed by atoms with Crippen LogP contribution < -0.4 is 14.4 Å². The Labute approximate surface area is 203 Å². The number of ether oxygens (including phenoxy) is 2. The van der Waals surface area contributed by atoms with Gasteiger partial charge in [-0.15, -0.1) is 0 Å². The van der Waals surface area contributed by atoms with E-state index in [2.05, 4.69) is 14.9 Å². The van der Waals surface area contributed by atoms with E-state index in [0.717, 1.165) is 16.9 Å². The number of amides is 1. The normalized spacial score (nSPS) is 13.8. The summed E-state index contributed by atoms with van der Waals surface area (Å²) in [6.07, 6.45) is 0. The second-order valence-electron chi connectivity index (χ2n) is 8.54. The molecule has 0 aliphatic carbocycles. The summed E-state index contributed by atoms with van der Waals surface area (Å²) in [7, 11) is 3.20. The number of pyridine rings is 1. The number of carbonyl (C=O) groups is 1. The first-order chi connectivity index (χ1) is 17.0. The molecule has 180 valence electrons. The predicted octanol–water partition coefficient (Wildman–Crippen LogP) is 4.66. The molecular weight excluding hydrogens is 447 g/mol. The fourth-order valence-electron chi connectivity index (χ4n) is 4.60. The van der Waals surface area contributed by atoms with Crippen LogP contribution in [-0.4, -0.2) is 61.2 Å². The van der Waals surface area contributed by atoms with Gasteiger partial charge in [-0.3, -0.25) is 4.79 Å². The van der Waals surface area contributed by atoms with Crippen molar-refractivity contribution in [3.8, 4) is 22.8 Å². The van der Waals surface area contributed by atoms with Crippen LogP contribution in [0.2, 0.25) is 0 Å².